The summed E-state index contributed by atoms with van der Waals surface area (Å²) in [5.41, 5.74) is 1.16. The van der Waals surface area contributed by atoms with Gasteiger partial charge in [-0.15, -0.1) is 0 Å². The van der Waals surface area contributed by atoms with Crippen LogP contribution < -0.4 is 5.32 Å². The second-order valence-corrected chi connectivity index (χ2v) is 5.78. The van der Waals surface area contributed by atoms with E-state index in [1.165, 1.54) is 37.8 Å². The van der Waals surface area contributed by atoms with E-state index in [1.807, 2.05) is 12.1 Å². The third kappa shape index (κ3) is 4.59. The molecule has 1 N–H and O–H groups in total. The Hall–Kier alpha value is -0.930. The predicted octanol–water partition coefficient (Wildman–Crippen LogP) is 3.18. The van der Waals surface area contributed by atoms with Gasteiger partial charge in [0.15, 0.2) is 0 Å². The SMILES string of the molecule is CC(CNC1CCCC1)N(C)Cc1ccc(F)cc1. The maximum atomic E-state index is 12.9. The topological polar surface area (TPSA) is 15.3 Å². The second-order valence-electron chi connectivity index (χ2n) is 5.78. The fourth-order valence-electron chi connectivity index (χ4n) is 2.66. The van der Waals surface area contributed by atoms with Crippen molar-refractivity contribution in [3.63, 3.8) is 0 Å². The number of hydrogen-bond donors (Lipinski definition) is 1. The summed E-state index contributed by atoms with van der Waals surface area (Å²) >= 11 is 0. The maximum Gasteiger partial charge on any atom is 0.123 e. The van der Waals surface area contributed by atoms with Gasteiger partial charge in [0.05, 0.1) is 0 Å². The highest BCUT2D eigenvalue weighted by molar-refractivity contribution is 5.15. The molecule has 1 aliphatic rings. The van der Waals surface area contributed by atoms with Gasteiger partial charge in [-0.2, -0.15) is 0 Å². The molecular weight excluding hydrogens is 239 g/mol. The van der Waals surface area contributed by atoms with E-state index in [9.17, 15) is 4.39 Å². The van der Waals surface area contributed by atoms with E-state index in [0.717, 1.165) is 24.7 Å². The number of hydrogen-bond acceptors (Lipinski definition) is 2. The first-order chi connectivity index (χ1) is 9.15. The Bertz CT molecular complexity index is 371. The maximum absolute atomic E-state index is 12.9. The van der Waals surface area contributed by atoms with Crippen LogP contribution in [0.1, 0.15) is 38.2 Å². The van der Waals surface area contributed by atoms with E-state index in [-0.39, 0.29) is 5.82 Å². The van der Waals surface area contributed by atoms with Crippen molar-refractivity contribution in [2.45, 2.75) is 51.2 Å². The van der Waals surface area contributed by atoms with Crippen LogP contribution in [0.15, 0.2) is 24.3 Å². The van der Waals surface area contributed by atoms with Crippen molar-refractivity contribution < 1.29 is 4.39 Å². The fourth-order valence-corrected chi connectivity index (χ4v) is 2.66. The van der Waals surface area contributed by atoms with Gasteiger partial charge in [-0.3, -0.25) is 4.90 Å². The van der Waals surface area contributed by atoms with E-state index in [1.54, 1.807) is 0 Å². The number of nitrogens with one attached hydrogen (secondary N) is 1. The van der Waals surface area contributed by atoms with Crippen molar-refractivity contribution in [2.75, 3.05) is 13.6 Å². The average molecular weight is 264 g/mol. The molecule has 2 nitrogen and oxygen atoms in total. The molecule has 2 rings (SSSR count). The van der Waals surface area contributed by atoms with Crippen molar-refractivity contribution in [3.8, 4) is 0 Å². The zero-order valence-electron chi connectivity index (χ0n) is 12.0. The number of rotatable bonds is 6. The first kappa shape index (κ1) is 14.5. The van der Waals surface area contributed by atoms with Gasteiger partial charge in [0.2, 0.25) is 0 Å². The molecule has 0 amide bonds. The van der Waals surface area contributed by atoms with Crippen molar-refractivity contribution in [1.29, 1.82) is 0 Å². The first-order valence-electron chi connectivity index (χ1n) is 7.33. The van der Waals surface area contributed by atoms with Gasteiger partial charge in [0.1, 0.15) is 5.82 Å². The van der Waals surface area contributed by atoms with Crippen LogP contribution >= 0.6 is 0 Å². The zero-order valence-corrected chi connectivity index (χ0v) is 12.0. The summed E-state index contributed by atoms with van der Waals surface area (Å²) in [6, 6.07) is 8.01. The van der Waals surface area contributed by atoms with Crippen LogP contribution in [0.3, 0.4) is 0 Å². The lowest BCUT2D eigenvalue weighted by Crippen LogP contribution is -2.40. The molecule has 0 bridgehead atoms. The molecular formula is C16H25FN2. The van der Waals surface area contributed by atoms with Gasteiger partial charge in [-0.05, 0) is 44.5 Å². The van der Waals surface area contributed by atoms with E-state index < -0.39 is 0 Å². The van der Waals surface area contributed by atoms with Crippen LogP contribution in [0.25, 0.3) is 0 Å². The van der Waals surface area contributed by atoms with Gasteiger partial charge in [-0.25, -0.2) is 4.39 Å². The van der Waals surface area contributed by atoms with E-state index in [0.29, 0.717) is 6.04 Å². The Kier molecular flexibility index (Phi) is 5.34. The average Bonchev–Trinajstić information content (AvgIpc) is 2.91. The molecule has 0 spiro atoms. The number of nitrogens with zero attached hydrogens (tertiary/aromatic N) is 1. The summed E-state index contributed by atoms with van der Waals surface area (Å²) in [6.07, 6.45) is 5.40. The minimum atomic E-state index is -0.164. The summed E-state index contributed by atoms with van der Waals surface area (Å²) in [6.45, 7) is 4.14. The van der Waals surface area contributed by atoms with Crippen molar-refractivity contribution in [3.05, 3.63) is 35.6 Å². The molecule has 1 unspecified atom stereocenters. The summed E-state index contributed by atoms with van der Waals surface area (Å²) in [7, 11) is 2.13. The molecule has 1 saturated carbocycles. The molecule has 1 atom stereocenters. The predicted molar refractivity (Wildman–Crippen MR) is 77.6 cm³/mol. The van der Waals surface area contributed by atoms with Crippen molar-refractivity contribution in [1.82, 2.24) is 10.2 Å². The lowest BCUT2D eigenvalue weighted by Gasteiger charge is -2.26. The molecule has 1 aromatic carbocycles. The van der Waals surface area contributed by atoms with E-state index in [4.69, 9.17) is 0 Å². The Morgan fingerprint density at radius 3 is 2.53 bits per heavy atom. The number of benzene rings is 1. The minimum absolute atomic E-state index is 0.164. The Labute approximate surface area is 116 Å². The largest absolute Gasteiger partial charge is 0.312 e. The van der Waals surface area contributed by atoms with Crippen LogP contribution in [-0.2, 0) is 6.54 Å². The Balaban J connectivity index is 1.74. The fraction of sp³-hybridized carbons (Fsp3) is 0.625. The Morgan fingerprint density at radius 2 is 1.89 bits per heavy atom. The summed E-state index contributed by atoms with van der Waals surface area (Å²) in [5.74, 6) is -0.164. The zero-order chi connectivity index (χ0) is 13.7. The standard InChI is InChI=1S/C16H25FN2/c1-13(11-18-16-5-3-4-6-16)19(2)12-14-7-9-15(17)10-8-14/h7-10,13,16,18H,3-6,11-12H2,1-2H3. The second kappa shape index (κ2) is 7.01. The van der Waals surface area contributed by atoms with Gasteiger partial charge >= 0.3 is 0 Å². The minimum Gasteiger partial charge on any atom is -0.312 e. The van der Waals surface area contributed by atoms with Gasteiger partial charge in [0, 0.05) is 25.2 Å². The van der Waals surface area contributed by atoms with Crippen molar-refractivity contribution >= 4 is 0 Å². The molecule has 3 heteroatoms. The van der Waals surface area contributed by atoms with Gasteiger partial charge in [0.25, 0.3) is 0 Å². The van der Waals surface area contributed by atoms with Crippen LogP contribution in [0.5, 0.6) is 0 Å². The molecule has 0 saturated heterocycles. The van der Waals surface area contributed by atoms with Crippen LogP contribution in [0.2, 0.25) is 0 Å². The van der Waals surface area contributed by atoms with Gasteiger partial charge in [-0.1, -0.05) is 25.0 Å². The highest BCUT2D eigenvalue weighted by atomic mass is 19.1. The summed E-state index contributed by atoms with van der Waals surface area (Å²) in [4.78, 5) is 2.31. The van der Waals surface area contributed by atoms with Crippen LogP contribution in [0, 0.1) is 5.82 Å². The van der Waals surface area contributed by atoms with Crippen LogP contribution in [-0.4, -0.2) is 30.6 Å². The van der Waals surface area contributed by atoms with Crippen molar-refractivity contribution in [2.24, 2.45) is 0 Å². The quantitative estimate of drug-likeness (QED) is 0.849. The monoisotopic (exact) mass is 264 g/mol. The smallest absolute Gasteiger partial charge is 0.123 e. The third-order valence-electron chi connectivity index (χ3n) is 4.15. The molecule has 1 fully saturated rings. The van der Waals surface area contributed by atoms with Gasteiger partial charge < -0.3 is 5.32 Å². The van der Waals surface area contributed by atoms with Crippen LogP contribution in [0.4, 0.5) is 4.39 Å². The third-order valence-corrected chi connectivity index (χ3v) is 4.15. The molecule has 0 aromatic heterocycles. The molecule has 106 valence electrons. The number of likely N-dealkylation sites (N-methyl/N-ethyl adjacent to an activating group) is 1. The molecule has 1 aromatic rings. The molecule has 0 radical (unpaired) electrons. The molecule has 0 heterocycles. The molecule has 1 aliphatic carbocycles. The lowest BCUT2D eigenvalue weighted by molar-refractivity contribution is 0.237. The number of halogens is 1. The summed E-state index contributed by atoms with van der Waals surface area (Å²) < 4.78 is 12.9. The Morgan fingerprint density at radius 1 is 1.26 bits per heavy atom. The normalized spacial score (nSPS) is 18.1. The first-order valence-corrected chi connectivity index (χ1v) is 7.33. The lowest BCUT2D eigenvalue weighted by atomic mass is 10.2. The molecule has 0 aliphatic heterocycles. The van der Waals surface area contributed by atoms with E-state index in [2.05, 4.69) is 24.2 Å². The van der Waals surface area contributed by atoms with E-state index >= 15 is 0 Å². The molecule has 19 heavy (non-hydrogen) atoms. The highest BCUT2D eigenvalue weighted by Crippen LogP contribution is 2.17. The summed E-state index contributed by atoms with van der Waals surface area (Å²) in [5, 5.41) is 3.66. The highest BCUT2D eigenvalue weighted by Gasteiger charge is 2.16.